The van der Waals surface area contributed by atoms with Gasteiger partial charge in [0.25, 0.3) is 0 Å². The Morgan fingerprint density at radius 2 is 2.27 bits per heavy atom. The zero-order chi connectivity index (χ0) is 10.7. The highest BCUT2D eigenvalue weighted by Gasteiger charge is 2.19. The first-order chi connectivity index (χ1) is 7.29. The van der Waals surface area contributed by atoms with E-state index >= 15 is 0 Å². The SMILES string of the molecule is CC(=O)c1ccccc1C1CNCCO1. The quantitative estimate of drug-likeness (QED) is 0.744. The summed E-state index contributed by atoms with van der Waals surface area (Å²) < 4.78 is 5.64. The number of carbonyl (C=O) groups is 1. The zero-order valence-electron chi connectivity index (χ0n) is 8.82. The van der Waals surface area contributed by atoms with Crippen molar-refractivity contribution >= 4 is 5.78 Å². The second kappa shape index (κ2) is 4.55. The van der Waals surface area contributed by atoms with Crippen LogP contribution in [0.1, 0.15) is 28.9 Å². The molecule has 0 aliphatic carbocycles. The first kappa shape index (κ1) is 10.3. The monoisotopic (exact) mass is 205 g/mol. The van der Waals surface area contributed by atoms with Crippen LogP contribution in [0.3, 0.4) is 0 Å². The molecule has 1 aliphatic heterocycles. The van der Waals surface area contributed by atoms with E-state index in [2.05, 4.69) is 5.32 Å². The minimum absolute atomic E-state index is 0.0128. The molecule has 80 valence electrons. The fourth-order valence-corrected chi connectivity index (χ4v) is 1.86. The summed E-state index contributed by atoms with van der Waals surface area (Å²) in [5.74, 6) is 0.0970. The van der Waals surface area contributed by atoms with Crippen molar-refractivity contribution in [2.24, 2.45) is 0 Å². The van der Waals surface area contributed by atoms with E-state index in [-0.39, 0.29) is 11.9 Å². The maximum Gasteiger partial charge on any atom is 0.160 e. The van der Waals surface area contributed by atoms with Crippen molar-refractivity contribution in [3.05, 3.63) is 35.4 Å². The molecule has 0 aromatic heterocycles. The number of carbonyl (C=O) groups excluding carboxylic acids is 1. The summed E-state index contributed by atoms with van der Waals surface area (Å²) >= 11 is 0. The molecule has 0 bridgehead atoms. The van der Waals surface area contributed by atoms with Crippen LogP contribution in [0.15, 0.2) is 24.3 Å². The van der Waals surface area contributed by atoms with E-state index in [0.717, 1.165) is 24.2 Å². The molecule has 2 rings (SSSR count). The number of rotatable bonds is 2. The third-order valence-corrected chi connectivity index (χ3v) is 2.61. The highest BCUT2D eigenvalue weighted by molar-refractivity contribution is 5.95. The molecule has 1 aliphatic rings. The van der Waals surface area contributed by atoms with E-state index in [1.54, 1.807) is 6.92 Å². The molecular weight excluding hydrogens is 190 g/mol. The number of morpholine rings is 1. The van der Waals surface area contributed by atoms with Crippen molar-refractivity contribution < 1.29 is 9.53 Å². The summed E-state index contributed by atoms with van der Waals surface area (Å²) in [6.45, 7) is 3.97. The normalized spacial score (nSPS) is 21.3. The molecule has 1 heterocycles. The first-order valence-electron chi connectivity index (χ1n) is 5.21. The minimum atomic E-state index is 0.0128. The van der Waals surface area contributed by atoms with Gasteiger partial charge in [0, 0.05) is 18.7 Å². The van der Waals surface area contributed by atoms with Crippen LogP contribution in [0.25, 0.3) is 0 Å². The summed E-state index contributed by atoms with van der Waals surface area (Å²) in [4.78, 5) is 11.4. The molecule has 1 N–H and O–H groups in total. The Morgan fingerprint density at radius 1 is 1.47 bits per heavy atom. The van der Waals surface area contributed by atoms with Gasteiger partial charge >= 0.3 is 0 Å². The van der Waals surface area contributed by atoms with Gasteiger partial charge in [0.15, 0.2) is 5.78 Å². The van der Waals surface area contributed by atoms with Gasteiger partial charge < -0.3 is 10.1 Å². The van der Waals surface area contributed by atoms with Gasteiger partial charge in [-0.1, -0.05) is 24.3 Å². The van der Waals surface area contributed by atoms with Crippen LogP contribution in [-0.4, -0.2) is 25.5 Å². The van der Waals surface area contributed by atoms with E-state index in [4.69, 9.17) is 4.74 Å². The van der Waals surface area contributed by atoms with E-state index in [9.17, 15) is 4.79 Å². The number of Topliss-reactive ketones (excluding diaryl/α,β-unsaturated/α-hetero) is 1. The highest BCUT2D eigenvalue weighted by atomic mass is 16.5. The molecule has 0 spiro atoms. The van der Waals surface area contributed by atoms with Crippen LogP contribution < -0.4 is 5.32 Å². The number of nitrogens with one attached hydrogen (secondary N) is 1. The molecule has 1 aromatic rings. The Labute approximate surface area is 89.4 Å². The van der Waals surface area contributed by atoms with Crippen molar-refractivity contribution in [1.82, 2.24) is 5.32 Å². The van der Waals surface area contributed by atoms with Crippen molar-refractivity contribution in [3.63, 3.8) is 0 Å². The second-order valence-corrected chi connectivity index (χ2v) is 3.71. The average molecular weight is 205 g/mol. The van der Waals surface area contributed by atoms with Gasteiger partial charge in [0.05, 0.1) is 12.7 Å². The van der Waals surface area contributed by atoms with Gasteiger partial charge in [0.1, 0.15) is 0 Å². The van der Waals surface area contributed by atoms with E-state index < -0.39 is 0 Å². The van der Waals surface area contributed by atoms with Crippen molar-refractivity contribution in [2.45, 2.75) is 13.0 Å². The predicted octanol–water partition coefficient (Wildman–Crippen LogP) is 1.55. The maximum atomic E-state index is 11.4. The molecule has 1 saturated heterocycles. The van der Waals surface area contributed by atoms with Crippen LogP contribution in [-0.2, 0) is 4.74 Å². The fourth-order valence-electron chi connectivity index (χ4n) is 1.86. The van der Waals surface area contributed by atoms with E-state index in [1.165, 1.54) is 0 Å². The molecule has 1 unspecified atom stereocenters. The fraction of sp³-hybridized carbons (Fsp3) is 0.417. The van der Waals surface area contributed by atoms with Gasteiger partial charge in [-0.2, -0.15) is 0 Å². The first-order valence-corrected chi connectivity index (χ1v) is 5.21. The summed E-state index contributed by atoms with van der Waals surface area (Å²) in [5.41, 5.74) is 1.77. The van der Waals surface area contributed by atoms with Crippen molar-refractivity contribution in [3.8, 4) is 0 Å². The molecular formula is C12H15NO2. The van der Waals surface area contributed by atoms with Crippen LogP contribution >= 0.6 is 0 Å². The van der Waals surface area contributed by atoms with Crippen LogP contribution in [0.5, 0.6) is 0 Å². The Bertz CT molecular complexity index is 356. The molecule has 15 heavy (non-hydrogen) atoms. The average Bonchev–Trinajstić information content (AvgIpc) is 2.30. The van der Waals surface area contributed by atoms with Crippen LogP contribution in [0.2, 0.25) is 0 Å². The van der Waals surface area contributed by atoms with Gasteiger partial charge in [-0.05, 0) is 12.5 Å². The molecule has 3 heteroatoms. The molecule has 1 fully saturated rings. The number of ether oxygens (including phenoxy) is 1. The summed E-state index contributed by atoms with van der Waals surface area (Å²) in [6, 6.07) is 7.65. The number of benzene rings is 1. The van der Waals surface area contributed by atoms with Crippen molar-refractivity contribution in [1.29, 1.82) is 0 Å². The molecule has 1 atom stereocenters. The third-order valence-electron chi connectivity index (χ3n) is 2.61. The molecule has 0 radical (unpaired) electrons. The standard InChI is InChI=1S/C12H15NO2/c1-9(14)10-4-2-3-5-11(10)12-8-13-6-7-15-12/h2-5,12-13H,6-8H2,1H3. The Kier molecular flexibility index (Phi) is 3.14. The van der Waals surface area contributed by atoms with Crippen molar-refractivity contribution in [2.75, 3.05) is 19.7 Å². The lowest BCUT2D eigenvalue weighted by atomic mass is 9.99. The molecule has 0 amide bonds. The zero-order valence-corrected chi connectivity index (χ0v) is 8.82. The van der Waals surface area contributed by atoms with Gasteiger partial charge in [-0.15, -0.1) is 0 Å². The van der Waals surface area contributed by atoms with Gasteiger partial charge in [-0.3, -0.25) is 4.79 Å². The maximum absolute atomic E-state index is 11.4. The van der Waals surface area contributed by atoms with Gasteiger partial charge in [0.2, 0.25) is 0 Å². The predicted molar refractivity (Wildman–Crippen MR) is 58.0 cm³/mol. The van der Waals surface area contributed by atoms with Gasteiger partial charge in [-0.25, -0.2) is 0 Å². The minimum Gasteiger partial charge on any atom is -0.371 e. The Hall–Kier alpha value is -1.19. The summed E-state index contributed by atoms with van der Waals surface area (Å²) in [5, 5.41) is 3.26. The topological polar surface area (TPSA) is 38.3 Å². The molecule has 1 aromatic carbocycles. The third kappa shape index (κ3) is 2.25. The highest BCUT2D eigenvalue weighted by Crippen LogP contribution is 2.22. The number of ketones is 1. The van der Waals surface area contributed by atoms with E-state index in [0.29, 0.717) is 6.61 Å². The Morgan fingerprint density at radius 3 is 2.93 bits per heavy atom. The smallest absolute Gasteiger partial charge is 0.160 e. The Balaban J connectivity index is 2.29. The number of hydrogen-bond acceptors (Lipinski definition) is 3. The lowest BCUT2D eigenvalue weighted by molar-refractivity contribution is 0.0271. The van der Waals surface area contributed by atoms with Crippen LogP contribution in [0.4, 0.5) is 0 Å². The lowest BCUT2D eigenvalue weighted by Gasteiger charge is -2.25. The second-order valence-electron chi connectivity index (χ2n) is 3.71. The number of hydrogen-bond donors (Lipinski definition) is 1. The molecule has 0 saturated carbocycles. The summed E-state index contributed by atoms with van der Waals surface area (Å²) in [7, 11) is 0. The van der Waals surface area contributed by atoms with Crippen LogP contribution in [0, 0.1) is 0 Å². The van der Waals surface area contributed by atoms with E-state index in [1.807, 2.05) is 24.3 Å². The lowest BCUT2D eigenvalue weighted by Crippen LogP contribution is -2.34. The largest absolute Gasteiger partial charge is 0.371 e. The molecule has 3 nitrogen and oxygen atoms in total. The summed E-state index contributed by atoms with van der Waals surface area (Å²) in [6.07, 6.45) is 0.0128.